The average Bonchev–Trinajstić information content (AvgIpc) is 2.54. The summed E-state index contributed by atoms with van der Waals surface area (Å²) in [6, 6.07) is 19.5. The van der Waals surface area contributed by atoms with Crippen LogP contribution in [0.3, 0.4) is 0 Å². The predicted molar refractivity (Wildman–Crippen MR) is 95.3 cm³/mol. The summed E-state index contributed by atoms with van der Waals surface area (Å²) in [4.78, 5) is 4.83. The van der Waals surface area contributed by atoms with Crippen LogP contribution in [0.4, 0.5) is 5.69 Å². The summed E-state index contributed by atoms with van der Waals surface area (Å²) in [6.07, 6.45) is 1.06. The Morgan fingerprint density at radius 2 is 1.73 bits per heavy atom. The van der Waals surface area contributed by atoms with Gasteiger partial charge in [0, 0.05) is 22.7 Å². The van der Waals surface area contributed by atoms with Crippen LogP contribution in [0.15, 0.2) is 54.6 Å². The van der Waals surface area contributed by atoms with E-state index in [0.29, 0.717) is 6.04 Å². The Labute approximate surface area is 132 Å². The van der Waals surface area contributed by atoms with Gasteiger partial charge in [0.2, 0.25) is 0 Å². The molecule has 0 aliphatic heterocycles. The minimum absolute atomic E-state index is 0.390. The van der Waals surface area contributed by atoms with E-state index in [-0.39, 0.29) is 0 Å². The lowest BCUT2D eigenvalue weighted by Crippen LogP contribution is -2.10. The predicted octanol–water partition coefficient (Wildman–Crippen LogP) is 5.28. The van der Waals surface area contributed by atoms with Crippen LogP contribution in [0, 0.1) is 0 Å². The highest BCUT2D eigenvalue weighted by Crippen LogP contribution is 2.28. The van der Waals surface area contributed by atoms with Gasteiger partial charge in [-0.2, -0.15) is 0 Å². The number of pyridine rings is 1. The molecule has 2 aromatic carbocycles. The largest absolute Gasteiger partial charge is 0.382 e. The van der Waals surface area contributed by atoms with Crippen molar-refractivity contribution in [2.24, 2.45) is 0 Å². The number of hydrogen-bond acceptors (Lipinski definition) is 2. The summed E-state index contributed by atoms with van der Waals surface area (Å²) in [7, 11) is 0. The van der Waals surface area contributed by atoms with Crippen LogP contribution in [0.2, 0.25) is 0 Å². The molecule has 0 bridgehead atoms. The minimum atomic E-state index is 0.390. The molecule has 2 heteroatoms. The van der Waals surface area contributed by atoms with Crippen LogP contribution in [0.1, 0.15) is 26.3 Å². The average molecular weight is 290 g/mol. The molecule has 1 aromatic heterocycles. The van der Waals surface area contributed by atoms with E-state index < -0.39 is 0 Å². The van der Waals surface area contributed by atoms with Gasteiger partial charge in [-0.15, -0.1) is 0 Å². The lowest BCUT2D eigenvalue weighted by atomic mass is 10.0. The van der Waals surface area contributed by atoms with Gasteiger partial charge in [0.25, 0.3) is 0 Å². The smallest absolute Gasteiger partial charge is 0.0730 e. The van der Waals surface area contributed by atoms with Gasteiger partial charge in [0.15, 0.2) is 0 Å². The molecule has 0 aliphatic rings. The van der Waals surface area contributed by atoms with Gasteiger partial charge in [0.1, 0.15) is 0 Å². The fraction of sp³-hybridized carbons (Fsp3) is 0.250. The molecule has 0 fully saturated rings. The maximum absolute atomic E-state index is 4.83. The second kappa shape index (κ2) is 6.18. The third-order valence-electron chi connectivity index (χ3n) is 3.82. The topological polar surface area (TPSA) is 24.9 Å². The number of nitrogens with one attached hydrogen (secondary N) is 1. The fourth-order valence-electron chi connectivity index (χ4n) is 2.66. The van der Waals surface area contributed by atoms with Gasteiger partial charge in [-0.25, -0.2) is 4.98 Å². The van der Waals surface area contributed by atoms with Gasteiger partial charge in [-0.05, 0) is 38.0 Å². The Balaban J connectivity index is 2.12. The molecule has 0 saturated heterocycles. The minimum Gasteiger partial charge on any atom is -0.382 e. The monoisotopic (exact) mass is 290 g/mol. The Bertz CT molecular complexity index is 773. The molecular weight excluding hydrogens is 268 g/mol. The number of hydrogen-bond donors (Lipinski definition) is 1. The van der Waals surface area contributed by atoms with E-state index in [4.69, 9.17) is 4.98 Å². The SMILES string of the molecule is CCc1ccc(-c2cc(NC(C)C)c3ccccc3n2)cc1. The molecule has 1 N–H and O–H groups in total. The number of aromatic nitrogens is 1. The molecule has 1 heterocycles. The van der Waals surface area contributed by atoms with Crippen LogP contribution < -0.4 is 5.32 Å². The number of para-hydroxylation sites is 1. The van der Waals surface area contributed by atoms with E-state index in [1.54, 1.807) is 0 Å². The quantitative estimate of drug-likeness (QED) is 0.706. The van der Waals surface area contributed by atoms with Gasteiger partial charge in [-0.3, -0.25) is 0 Å². The molecule has 0 unspecified atom stereocenters. The summed E-state index contributed by atoms with van der Waals surface area (Å²) in [5, 5.41) is 4.71. The molecule has 22 heavy (non-hydrogen) atoms. The van der Waals surface area contributed by atoms with E-state index in [1.165, 1.54) is 10.9 Å². The molecule has 2 nitrogen and oxygen atoms in total. The first-order valence-corrected chi connectivity index (χ1v) is 7.93. The maximum Gasteiger partial charge on any atom is 0.0730 e. The van der Waals surface area contributed by atoms with Crippen LogP contribution in [0.5, 0.6) is 0 Å². The van der Waals surface area contributed by atoms with Crippen LogP contribution in [-0.4, -0.2) is 11.0 Å². The highest BCUT2D eigenvalue weighted by atomic mass is 14.9. The van der Waals surface area contributed by atoms with Crippen LogP contribution >= 0.6 is 0 Å². The van der Waals surface area contributed by atoms with Crippen molar-refractivity contribution >= 4 is 16.6 Å². The molecule has 3 aromatic rings. The number of fused-ring (bicyclic) bond motifs is 1. The Hall–Kier alpha value is -2.35. The molecule has 0 amide bonds. The summed E-state index contributed by atoms with van der Waals surface area (Å²) in [5.41, 5.74) is 5.71. The summed E-state index contributed by atoms with van der Waals surface area (Å²) in [5.74, 6) is 0. The third-order valence-corrected chi connectivity index (χ3v) is 3.82. The van der Waals surface area contributed by atoms with Crippen molar-refractivity contribution in [1.82, 2.24) is 4.98 Å². The van der Waals surface area contributed by atoms with E-state index >= 15 is 0 Å². The maximum atomic E-state index is 4.83. The van der Waals surface area contributed by atoms with Gasteiger partial charge < -0.3 is 5.32 Å². The normalized spacial score (nSPS) is 11.1. The van der Waals surface area contributed by atoms with Gasteiger partial charge in [-0.1, -0.05) is 49.4 Å². The van der Waals surface area contributed by atoms with Crippen molar-refractivity contribution in [3.05, 3.63) is 60.2 Å². The zero-order valence-corrected chi connectivity index (χ0v) is 13.4. The summed E-state index contributed by atoms with van der Waals surface area (Å²) in [6.45, 7) is 6.49. The fourth-order valence-corrected chi connectivity index (χ4v) is 2.66. The van der Waals surface area contributed by atoms with Gasteiger partial charge >= 0.3 is 0 Å². The first-order valence-electron chi connectivity index (χ1n) is 7.93. The van der Waals surface area contributed by atoms with E-state index in [2.05, 4.69) is 74.6 Å². The second-order valence-corrected chi connectivity index (χ2v) is 5.92. The number of rotatable bonds is 4. The second-order valence-electron chi connectivity index (χ2n) is 5.92. The summed E-state index contributed by atoms with van der Waals surface area (Å²) < 4.78 is 0. The van der Waals surface area contributed by atoms with Crippen molar-refractivity contribution in [2.45, 2.75) is 33.2 Å². The van der Waals surface area contributed by atoms with E-state index in [1.807, 2.05) is 6.07 Å². The molecule has 3 rings (SSSR count). The van der Waals surface area contributed by atoms with Gasteiger partial charge in [0.05, 0.1) is 11.2 Å². The zero-order chi connectivity index (χ0) is 15.5. The van der Waals surface area contributed by atoms with Crippen molar-refractivity contribution in [2.75, 3.05) is 5.32 Å². The highest BCUT2D eigenvalue weighted by Gasteiger charge is 2.08. The number of nitrogens with zero attached hydrogens (tertiary/aromatic N) is 1. The van der Waals surface area contributed by atoms with Crippen LogP contribution in [0.25, 0.3) is 22.2 Å². The Morgan fingerprint density at radius 1 is 1.00 bits per heavy atom. The lowest BCUT2D eigenvalue weighted by molar-refractivity contribution is 0.901. The molecule has 112 valence electrons. The molecule has 0 aliphatic carbocycles. The number of aryl methyl sites for hydroxylation is 1. The van der Waals surface area contributed by atoms with E-state index in [0.717, 1.165) is 28.9 Å². The highest BCUT2D eigenvalue weighted by molar-refractivity contribution is 5.93. The summed E-state index contributed by atoms with van der Waals surface area (Å²) >= 11 is 0. The molecule has 0 atom stereocenters. The van der Waals surface area contributed by atoms with Crippen molar-refractivity contribution in [1.29, 1.82) is 0 Å². The lowest BCUT2D eigenvalue weighted by Gasteiger charge is -2.14. The molecule has 0 saturated carbocycles. The van der Waals surface area contributed by atoms with Crippen molar-refractivity contribution in [3.63, 3.8) is 0 Å². The van der Waals surface area contributed by atoms with Crippen LogP contribution in [-0.2, 0) is 6.42 Å². The number of anilines is 1. The first-order chi connectivity index (χ1) is 10.7. The van der Waals surface area contributed by atoms with Crippen molar-refractivity contribution < 1.29 is 0 Å². The third kappa shape index (κ3) is 2.96. The Morgan fingerprint density at radius 3 is 2.41 bits per heavy atom. The molecule has 0 radical (unpaired) electrons. The van der Waals surface area contributed by atoms with Crippen molar-refractivity contribution in [3.8, 4) is 11.3 Å². The number of benzene rings is 2. The standard InChI is InChI=1S/C20H22N2/c1-4-15-9-11-16(12-10-15)19-13-20(21-14(2)3)17-7-5-6-8-18(17)22-19/h5-14H,4H2,1-3H3,(H,21,22). The molecule has 0 spiro atoms. The Kier molecular flexibility index (Phi) is 4.10. The first kappa shape index (κ1) is 14.6. The zero-order valence-electron chi connectivity index (χ0n) is 13.4. The molecular formula is C20H22N2. The van der Waals surface area contributed by atoms with E-state index in [9.17, 15) is 0 Å².